The van der Waals surface area contributed by atoms with Gasteiger partial charge in [0.25, 0.3) is 0 Å². The number of aromatic amines is 1. The highest BCUT2D eigenvalue weighted by Crippen LogP contribution is 2.19. The van der Waals surface area contributed by atoms with E-state index in [1.807, 2.05) is 24.3 Å². The fourth-order valence-corrected chi connectivity index (χ4v) is 2.49. The summed E-state index contributed by atoms with van der Waals surface area (Å²) in [4.78, 5) is 12.1. The number of benzene rings is 1. The number of amidine groups is 1. The summed E-state index contributed by atoms with van der Waals surface area (Å²) in [6.45, 7) is 1.87. The summed E-state index contributed by atoms with van der Waals surface area (Å²) in [7, 11) is 0. The molecule has 16 heavy (non-hydrogen) atoms. The van der Waals surface area contributed by atoms with Gasteiger partial charge >= 0.3 is 0 Å². The number of rotatable bonds is 3. The Bertz CT molecular complexity index is 499. The van der Waals surface area contributed by atoms with Gasteiger partial charge in [0.15, 0.2) is 5.16 Å². The maximum Gasteiger partial charge on any atom is 0.166 e. The Morgan fingerprint density at radius 3 is 3.06 bits per heavy atom. The Morgan fingerprint density at radius 2 is 2.25 bits per heavy atom. The molecule has 0 atom stereocenters. The van der Waals surface area contributed by atoms with E-state index in [0.29, 0.717) is 0 Å². The molecule has 82 valence electrons. The lowest BCUT2D eigenvalue weighted by Gasteiger charge is -1.98. The molecule has 0 aliphatic carbocycles. The fraction of sp³-hybridized carbons (Fsp3) is 0.273. The summed E-state index contributed by atoms with van der Waals surface area (Å²) in [5.41, 5.74) is 2.11. The summed E-state index contributed by atoms with van der Waals surface area (Å²) in [6, 6.07) is 8.07. The van der Waals surface area contributed by atoms with Crippen LogP contribution in [-0.4, -0.2) is 34.6 Å². The minimum Gasteiger partial charge on any atom is -0.371 e. The van der Waals surface area contributed by atoms with Crippen LogP contribution < -0.4 is 5.32 Å². The number of nitrogens with one attached hydrogen (secondary N) is 2. The van der Waals surface area contributed by atoms with Crippen molar-refractivity contribution in [2.45, 2.75) is 5.16 Å². The molecule has 0 saturated heterocycles. The van der Waals surface area contributed by atoms with Crippen LogP contribution in [0, 0.1) is 0 Å². The third-order valence-electron chi connectivity index (χ3n) is 2.46. The van der Waals surface area contributed by atoms with Crippen molar-refractivity contribution >= 4 is 28.6 Å². The predicted molar refractivity (Wildman–Crippen MR) is 67.1 cm³/mol. The number of aromatic nitrogens is 2. The van der Waals surface area contributed by atoms with E-state index in [2.05, 4.69) is 20.3 Å². The maximum atomic E-state index is 4.50. The van der Waals surface area contributed by atoms with E-state index >= 15 is 0 Å². The van der Waals surface area contributed by atoms with Crippen molar-refractivity contribution in [1.82, 2.24) is 15.3 Å². The minimum atomic E-state index is 0.861. The first-order valence-electron chi connectivity index (χ1n) is 5.26. The third kappa shape index (κ3) is 1.90. The zero-order valence-electron chi connectivity index (χ0n) is 8.73. The van der Waals surface area contributed by atoms with E-state index in [-0.39, 0.29) is 0 Å². The van der Waals surface area contributed by atoms with Gasteiger partial charge in [0.05, 0.1) is 23.3 Å². The molecule has 1 aromatic heterocycles. The van der Waals surface area contributed by atoms with E-state index in [1.54, 1.807) is 11.8 Å². The lowest BCUT2D eigenvalue weighted by molar-refractivity contribution is 0.959. The van der Waals surface area contributed by atoms with Gasteiger partial charge in [-0.3, -0.25) is 4.99 Å². The summed E-state index contributed by atoms with van der Waals surface area (Å²) >= 11 is 1.68. The monoisotopic (exact) mass is 232 g/mol. The van der Waals surface area contributed by atoms with Crippen LogP contribution in [0.5, 0.6) is 0 Å². The van der Waals surface area contributed by atoms with Gasteiger partial charge in [-0.25, -0.2) is 4.98 Å². The van der Waals surface area contributed by atoms with Gasteiger partial charge < -0.3 is 10.3 Å². The van der Waals surface area contributed by atoms with Crippen molar-refractivity contribution in [2.75, 3.05) is 18.8 Å². The zero-order valence-corrected chi connectivity index (χ0v) is 9.55. The van der Waals surface area contributed by atoms with Crippen molar-refractivity contribution in [3.63, 3.8) is 0 Å². The first kappa shape index (κ1) is 9.72. The van der Waals surface area contributed by atoms with Crippen LogP contribution in [0.15, 0.2) is 34.4 Å². The number of thioether (sulfide) groups is 1. The van der Waals surface area contributed by atoms with Crippen molar-refractivity contribution in [2.24, 2.45) is 4.99 Å². The molecule has 0 spiro atoms. The Labute approximate surface area is 97.6 Å². The lowest BCUT2D eigenvalue weighted by atomic mass is 10.3. The largest absolute Gasteiger partial charge is 0.371 e. The van der Waals surface area contributed by atoms with Gasteiger partial charge in [0.1, 0.15) is 5.84 Å². The van der Waals surface area contributed by atoms with Crippen LogP contribution in [-0.2, 0) is 0 Å². The summed E-state index contributed by atoms with van der Waals surface area (Å²) in [6.07, 6.45) is 0. The molecule has 0 unspecified atom stereocenters. The number of aliphatic imine (C=N–C) groups is 1. The normalized spacial score (nSPS) is 15.1. The fourth-order valence-electron chi connectivity index (χ4n) is 1.68. The molecular formula is C11H12N4S. The second kappa shape index (κ2) is 4.17. The number of nitrogens with zero attached hydrogens (tertiary/aromatic N) is 2. The van der Waals surface area contributed by atoms with Gasteiger partial charge in [0, 0.05) is 6.54 Å². The van der Waals surface area contributed by atoms with Crippen LogP contribution >= 0.6 is 11.8 Å². The maximum absolute atomic E-state index is 4.50. The van der Waals surface area contributed by atoms with E-state index in [0.717, 1.165) is 40.9 Å². The second-order valence-corrected chi connectivity index (χ2v) is 4.57. The predicted octanol–water partition coefficient (Wildman–Crippen LogP) is 1.66. The molecule has 0 fully saturated rings. The Balaban J connectivity index is 1.74. The zero-order chi connectivity index (χ0) is 10.8. The van der Waals surface area contributed by atoms with Crippen LogP contribution in [0.4, 0.5) is 0 Å². The molecule has 2 N–H and O–H groups in total. The van der Waals surface area contributed by atoms with Gasteiger partial charge in [-0.05, 0) is 12.1 Å². The highest BCUT2D eigenvalue weighted by molar-refractivity contribution is 7.99. The molecule has 0 amide bonds. The Hall–Kier alpha value is -1.49. The summed E-state index contributed by atoms with van der Waals surface area (Å²) < 4.78 is 0. The molecule has 3 rings (SSSR count). The molecule has 0 bridgehead atoms. The minimum absolute atomic E-state index is 0.861. The number of para-hydroxylation sites is 2. The molecule has 1 aliphatic rings. The van der Waals surface area contributed by atoms with Gasteiger partial charge in [-0.2, -0.15) is 0 Å². The van der Waals surface area contributed by atoms with Crippen molar-refractivity contribution < 1.29 is 0 Å². The average molecular weight is 232 g/mol. The molecular weight excluding hydrogens is 220 g/mol. The number of imidazole rings is 1. The topological polar surface area (TPSA) is 53.1 Å². The van der Waals surface area contributed by atoms with Crippen LogP contribution in [0.3, 0.4) is 0 Å². The molecule has 1 aliphatic heterocycles. The molecule has 2 heterocycles. The van der Waals surface area contributed by atoms with Crippen LogP contribution in [0.1, 0.15) is 0 Å². The van der Waals surface area contributed by atoms with E-state index in [9.17, 15) is 0 Å². The van der Waals surface area contributed by atoms with Crippen molar-refractivity contribution in [1.29, 1.82) is 0 Å². The standard InChI is InChI=1S/C11H12N4S/c1-2-4-9-8(3-1)14-11(15-9)16-7-10-12-5-6-13-10/h1-4H,5-7H2,(H,12,13)(H,14,15). The highest BCUT2D eigenvalue weighted by Gasteiger charge is 2.07. The number of fused-ring (bicyclic) bond motifs is 1. The lowest BCUT2D eigenvalue weighted by Crippen LogP contribution is -2.20. The van der Waals surface area contributed by atoms with Gasteiger partial charge in [-0.15, -0.1) is 0 Å². The van der Waals surface area contributed by atoms with Crippen LogP contribution in [0.25, 0.3) is 11.0 Å². The van der Waals surface area contributed by atoms with Gasteiger partial charge in [-0.1, -0.05) is 23.9 Å². The SMILES string of the molecule is c1ccc2[nH]c(SCC3=NCCN3)nc2c1. The first-order chi connectivity index (χ1) is 7.92. The first-order valence-corrected chi connectivity index (χ1v) is 6.25. The molecule has 0 saturated carbocycles. The molecule has 1 aromatic carbocycles. The summed E-state index contributed by atoms with van der Waals surface area (Å²) in [5, 5.41) is 4.20. The smallest absolute Gasteiger partial charge is 0.166 e. The Morgan fingerprint density at radius 1 is 1.31 bits per heavy atom. The van der Waals surface area contributed by atoms with E-state index < -0.39 is 0 Å². The van der Waals surface area contributed by atoms with Gasteiger partial charge in [0.2, 0.25) is 0 Å². The number of hydrogen-bond donors (Lipinski definition) is 2. The van der Waals surface area contributed by atoms with E-state index in [4.69, 9.17) is 0 Å². The third-order valence-corrected chi connectivity index (χ3v) is 3.34. The van der Waals surface area contributed by atoms with Crippen LogP contribution in [0.2, 0.25) is 0 Å². The van der Waals surface area contributed by atoms with Crippen molar-refractivity contribution in [3.05, 3.63) is 24.3 Å². The average Bonchev–Trinajstić information content (AvgIpc) is 2.95. The quantitative estimate of drug-likeness (QED) is 0.791. The molecule has 2 aromatic rings. The second-order valence-electron chi connectivity index (χ2n) is 3.60. The molecule has 4 nitrogen and oxygen atoms in total. The summed E-state index contributed by atoms with van der Waals surface area (Å²) in [5.74, 6) is 1.94. The van der Waals surface area contributed by atoms with Crippen molar-refractivity contribution in [3.8, 4) is 0 Å². The van der Waals surface area contributed by atoms with E-state index in [1.165, 1.54) is 0 Å². The number of H-pyrrole nitrogens is 1. The molecule has 0 radical (unpaired) electrons. The molecule has 5 heteroatoms. The number of hydrogen-bond acceptors (Lipinski definition) is 4. The highest BCUT2D eigenvalue weighted by atomic mass is 32.2. The Kier molecular flexibility index (Phi) is 2.53.